The molecule has 7 nitrogen and oxygen atoms in total. The second-order valence-corrected chi connectivity index (χ2v) is 7.49. The minimum Gasteiger partial charge on any atom is -0.325 e. The van der Waals surface area contributed by atoms with Crippen molar-refractivity contribution in [1.82, 2.24) is 15.2 Å². The van der Waals surface area contributed by atoms with Crippen LogP contribution >= 0.6 is 11.3 Å². The maximum Gasteiger partial charge on any atom is 0.325 e. The Hall–Kier alpha value is -2.74. The number of fused-ring (bicyclic) bond motifs is 1. The van der Waals surface area contributed by atoms with Crippen LogP contribution in [0.1, 0.15) is 29.0 Å². The van der Waals surface area contributed by atoms with Gasteiger partial charge in [-0.25, -0.2) is 9.78 Å². The smallest absolute Gasteiger partial charge is 0.325 e. The predicted molar refractivity (Wildman–Crippen MR) is 96.7 cm³/mol. The van der Waals surface area contributed by atoms with Gasteiger partial charge >= 0.3 is 6.03 Å². The molecule has 0 bridgehead atoms. The zero-order valence-corrected chi connectivity index (χ0v) is 14.8. The quantitative estimate of drug-likeness (QED) is 0.789. The highest BCUT2D eigenvalue weighted by molar-refractivity contribution is 7.15. The third-order valence-corrected chi connectivity index (χ3v) is 5.59. The largest absolute Gasteiger partial charge is 0.325 e. The second kappa shape index (κ2) is 6.87. The van der Waals surface area contributed by atoms with Gasteiger partial charge in [-0.2, -0.15) is 0 Å². The lowest BCUT2D eigenvalue weighted by molar-refractivity contribution is -0.130. The van der Waals surface area contributed by atoms with E-state index in [0.717, 1.165) is 35.4 Å². The molecule has 2 aliphatic rings. The molecule has 1 saturated heterocycles. The van der Waals surface area contributed by atoms with Gasteiger partial charge in [0, 0.05) is 4.88 Å². The van der Waals surface area contributed by atoms with Crippen molar-refractivity contribution >= 4 is 34.3 Å². The van der Waals surface area contributed by atoms with Crippen molar-refractivity contribution in [1.29, 1.82) is 0 Å². The Balaban J connectivity index is 1.36. The van der Waals surface area contributed by atoms with E-state index in [1.54, 1.807) is 0 Å². The summed E-state index contributed by atoms with van der Waals surface area (Å²) in [5.74, 6) is -0.701. The molecular formula is C18H18N4O3S. The van der Waals surface area contributed by atoms with Gasteiger partial charge in [-0.1, -0.05) is 30.3 Å². The van der Waals surface area contributed by atoms with Gasteiger partial charge in [0.25, 0.3) is 5.91 Å². The highest BCUT2D eigenvalue weighted by atomic mass is 32.1. The number of benzene rings is 1. The SMILES string of the molecule is O=C(C[C@@H]1NC(=O)N(Cc2ccccc2)C1=O)Nc1nc2c(s1)CCC2. The van der Waals surface area contributed by atoms with E-state index in [1.165, 1.54) is 16.2 Å². The van der Waals surface area contributed by atoms with Crippen molar-refractivity contribution in [3.8, 4) is 0 Å². The summed E-state index contributed by atoms with van der Waals surface area (Å²) >= 11 is 1.49. The first kappa shape index (κ1) is 16.7. The molecule has 8 heteroatoms. The van der Waals surface area contributed by atoms with Gasteiger partial charge in [0.05, 0.1) is 18.7 Å². The standard InChI is InChI=1S/C18H18N4O3S/c23-15(21-17-19-12-7-4-8-14(12)26-17)9-13-16(24)22(18(25)20-13)10-11-5-2-1-3-6-11/h1-3,5-6,13H,4,7-10H2,(H,20,25)(H,19,21,23)/t13-/m0/s1. The lowest BCUT2D eigenvalue weighted by Crippen LogP contribution is -2.34. The van der Waals surface area contributed by atoms with Crippen molar-refractivity contribution in [2.24, 2.45) is 0 Å². The molecule has 1 fully saturated rings. The Morgan fingerprint density at radius 2 is 2.08 bits per heavy atom. The number of carbonyl (C=O) groups is 3. The Bertz CT molecular complexity index is 843. The Morgan fingerprint density at radius 1 is 1.27 bits per heavy atom. The summed E-state index contributed by atoms with van der Waals surface area (Å²) in [5.41, 5.74) is 1.92. The van der Waals surface area contributed by atoms with Crippen molar-refractivity contribution in [3.05, 3.63) is 46.5 Å². The van der Waals surface area contributed by atoms with E-state index in [-0.39, 0.29) is 24.8 Å². The molecule has 2 aromatic rings. The number of hydrogen-bond acceptors (Lipinski definition) is 5. The third-order valence-electron chi connectivity index (χ3n) is 4.52. The fourth-order valence-corrected chi connectivity index (χ4v) is 4.30. The highest BCUT2D eigenvalue weighted by Crippen LogP contribution is 2.30. The summed E-state index contributed by atoms with van der Waals surface area (Å²) < 4.78 is 0. The summed E-state index contributed by atoms with van der Waals surface area (Å²) in [6, 6.07) is 7.97. The van der Waals surface area contributed by atoms with Crippen LogP contribution in [0, 0.1) is 0 Å². The van der Waals surface area contributed by atoms with Crippen molar-refractivity contribution in [3.63, 3.8) is 0 Å². The maximum atomic E-state index is 12.5. The lowest BCUT2D eigenvalue weighted by Gasteiger charge is -2.12. The van der Waals surface area contributed by atoms with Gasteiger partial charge in [-0.05, 0) is 24.8 Å². The van der Waals surface area contributed by atoms with Crippen LogP contribution in [0.2, 0.25) is 0 Å². The average molecular weight is 370 g/mol. The van der Waals surface area contributed by atoms with Crippen LogP contribution in [0.5, 0.6) is 0 Å². The van der Waals surface area contributed by atoms with Crippen LogP contribution in [-0.2, 0) is 29.0 Å². The first-order chi connectivity index (χ1) is 12.6. The molecule has 134 valence electrons. The lowest BCUT2D eigenvalue weighted by atomic mass is 10.2. The number of imide groups is 1. The Labute approximate surface area is 154 Å². The molecule has 2 heterocycles. The molecule has 1 aliphatic carbocycles. The van der Waals surface area contributed by atoms with Gasteiger partial charge in [-0.3, -0.25) is 14.5 Å². The Morgan fingerprint density at radius 3 is 2.85 bits per heavy atom. The zero-order chi connectivity index (χ0) is 18.1. The molecule has 4 amide bonds. The number of aromatic nitrogens is 1. The number of anilines is 1. The summed E-state index contributed by atoms with van der Waals surface area (Å²) in [7, 11) is 0. The number of aryl methyl sites for hydroxylation is 2. The number of nitrogens with zero attached hydrogens (tertiary/aromatic N) is 2. The van der Waals surface area contributed by atoms with E-state index < -0.39 is 12.1 Å². The van der Waals surface area contributed by atoms with Crippen molar-refractivity contribution < 1.29 is 14.4 Å². The van der Waals surface area contributed by atoms with Gasteiger partial charge in [-0.15, -0.1) is 11.3 Å². The van der Waals surface area contributed by atoms with Gasteiger partial charge < -0.3 is 10.6 Å². The molecule has 0 radical (unpaired) electrons. The van der Waals surface area contributed by atoms with E-state index in [4.69, 9.17) is 0 Å². The second-order valence-electron chi connectivity index (χ2n) is 6.41. The molecule has 0 spiro atoms. The topological polar surface area (TPSA) is 91.4 Å². The predicted octanol–water partition coefficient (Wildman–Crippen LogP) is 2.08. The van der Waals surface area contributed by atoms with E-state index in [1.807, 2.05) is 30.3 Å². The van der Waals surface area contributed by atoms with Gasteiger partial charge in [0.1, 0.15) is 6.04 Å². The fourth-order valence-electron chi connectivity index (χ4n) is 3.23. The number of rotatable bonds is 5. The van der Waals surface area contributed by atoms with Crippen LogP contribution in [0.3, 0.4) is 0 Å². The van der Waals surface area contributed by atoms with Crippen LogP contribution < -0.4 is 10.6 Å². The molecule has 0 saturated carbocycles. The first-order valence-electron chi connectivity index (χ1n) is 8.54. The zero-order valence-electron chi connectivity index (χ0n) is 14.0. The average Bonchev–Trinajstić information content (AvgIpc) is 3.26. The Kier molecular flexibility index (Phi) is 4.42. The van der Waals surface area contributed by atoms with E-state index in [2.05, 4.69) is 15.6 Å². The number of carbonyl (C=O) groups excluding carboxylic acids is 3. The third kappa shape index (κ3) is 3.32. The molecular weight excluding hydrogens is 352 g/mol. The summed E-state index contributed by atoms with van der Waals surface area (Å²) in [6.07, 6.45) is 2.98. The molecule has 1 aromatic carbocycles. The normalized spacial score (nSPS) is 18.8. The van der Waals surface area contributed by atoms with Crippen LogP contribution in [0.25, 0.3) is 0 Å². The number of nitrogens with one attached hydrogen (secondary N) is 2. The van der Waals surface area contributed by atoms with E-state index in [9.17, 15) is 14.4 Å². The minimum atomic E-state index is -0.835. The van der Waals surface area contributed by atoms with Crippen molar-refractivity contribution in [2.75, 3.05) is 5.32 Å². The van der Waals surface area contributed by atoms with Crippen LogP contribution in [0.4, 0.5) is 9.93 Å². The number of urea groups is 1. The summed E-state index contributed by atoms with van der Waals surface area (Å²) in [5, 5.41) is 5.90. The summed E-state index contributed by atoms with van der Waals surface area (Å²) in [6.45, 7) is 0.197. The van der Waals surface area contributed by atoms with E-state index in [0.29, 0.717) is 5.13 Å². The first-order valence-corrected chi connectivity index (χ1v) is 9.36. The van der Waals surface area contributed by atoms with Gasteiger partial charge in [0.2, 0.25) is 5.91 Å². The molecule has 1 aliphatic heterocycles. The van der Waals surface area contributed by atoms with E-state index >= 15 is 0 Å². The monoisotopic (exact) mass is 370 g/mol. The maximum absolute atomic E-state index is 12.5. The molecule has 4 rings (SSSR count). The number of hydrogen-bond donors (Lipinski definition) is 2. The number of thiazole rings is 1. The molecule has 1 aromatic heterocycles. The molecule has 0 unspecified atom stereocenters. The molecule has 1 atom stereocenters. The minimum absolute atomic E-state index is 0.0971. The fraction of sp³-hybridized carbons (Fsp3) is 0.333. The van der Waals surface area contributed by atoms with Crippen molar-refractivity contribution in [2.45, 2.75) is 38.3 Å². The van der Waals surface area contributed by atoms with Crippen LogP contribution in [-0.4, -0.2) is 33.8 Å². The van der Waals surface area contributed by atoms with Gasteiger partial charge in [0.15, 0.2) is 5.13 Å². The summed E-state index contributed by atoms with van der Waals surface area (Å²) in [4.78, 5) is 43.6. The molecule has 2 N–H and O–H groups in total. The van der Waals surface area contributed by atoms with Crippen LogP contribution in [0.15, 0.2) is 30.3 Å². The highest BCUT2D eigenvalue weighted by Gasteiger charge is 2.39. The molecule has 26 heavy (non-hydrogen) atoms. The number of amides is 4.